The molecule has 14 heteroatoms. The lowest BCUT2D eigenvalue weighted by molar-refractivity contribution is -0.154. The number of carbonyl (C=O) groups excluding carboxylic acids is 6. The van der Waals surface area contributed by atoms with Crippen LogP contribution in [-0.4, -0.2) is 78.1 Å². The van der Waals surface area contributed by atoms with Gasteiger partial charge in [-0.15, -0.1) is 0 Å². The van der Waals surface area contributed by atoms with E-state index in [9.17, 15) is 33.9 Å². The van der Waals surface area contributed by atoms with Crippen molar-refractivity contribution in [3.63, 3.8) is 0 Å². The smallest absolute Gasteiger partial charge is 0.331 e. The number of para-hydroxylation sites is 1. The van der Waals surface area contributed by atoms with Crippen LogP contribution in [0.1, 0.15) is 43.9 Å². The summed E-state index contributed by atoms with van der Waals surface area (Å²) >= 11 is 0. The molecular weight excluding hydrogens is 682 g/mol. The maximum absolute atomic E-state index is 13.6. The van der Waals surface area contributed by atoms with Gasteiger partial charge < -0.3 is 41.2 Å². The zero-order chi connectivity index (χ0) is 38.3. The Kier molecular flexibility index (Phi) is 14.5. The molecule has 1 heterocycles. The van der Waals surface area contributed by atoms with Crippen molar-refractivity contribution in [3.05, 3.63) is 102 Å². The molecule has 0 radical (unpaired) electrons. The average Bonchev–Trinajstić information content (AvgIpc) is 3.13. The summed E-state index contributed by atoms with van der Waals surface area (Å²) in [5.74, 6) is -3.78. The van der Waals surface area contributed by atoms with Crippen LogP contribution in [-0.2, 0) is 46.3 Å². The van der Waals surface area contributed by atoms with Gasteiger partial charge in [-0.3, -0.25) is 24.0 Å². The van der Waals surface area contributed by atoms with Gasteiger partial charge in [-0.1, -0.05) is 74.5 Å². The van der Waals surface area contributed by atoms with Crippen LogP contribution in [0.2, 0.25) is 0 Å². The van der Waals surface area contributed by atoms with Crippen LogP contribution in [0.4, 0.5) is 0 Å². The molecule has 53 heavy (non-hydrogen) atoms. The summed E-state index contributed by atoms with van der Waals surface area (Å²) in [6, 6.07) is 17.3. The lowest BCUT2D eigenvalue weighted by Gasteiger charge is -2.24. The average molecular weight is 728 g/mol. The minimum absolute atomic E-state index is 0.0195. The molecule has 0 bridgehead atoms. The predicted octanol–water partition coefficient (Wildman–Crippen LogP) is 1.91. The van der Waals surface area contributed by atoms with Crippen LogP contribution >= 0.6 is 0 Å². The van der Waals surface area contributed by atoms with Gasteiger partial charge in [0.2, 0.25) is 36.3 Å². The molecule has 0 fully saturated rings. The Morgan fingerprint density at radius 1 is 0.679 bits per heavy atom. The standard InChI is InChI=1S/C39H45N5O9/c1-24(2)19-32-39(51)53-23-52-33-12-8-7-11-28(33)15-18-34(46)42-30(21-27-13-16-29(45)17-14-27)37(49)41-25(3)36(48)40-22-35(47)43-31(38(50)44-32)20-26-9-5-4-6-10-26/h4-18,24-25,30-32,45H,19-23H2,1-3H3,(H,40,48)(H,41,49)(H,42,46)(H,43,47)(H,44,50)/b18-15-/t25-,30+,31+,32+/m1/s1. The zero-order valence-electron chi connectivity index (χ0n) is 29.8. The van der Waals surface area contributed by atoms with Crippen molar-refractivity contribution >= 4 is 41.6 Å². The summed E-state index contributed by atoms with van der Waals surface area (Å²) in [6.45, 7) is 4.15. The molecular formula is C39H45N5O9. The molecule has 3 aromatic rings. The zero-order valence-corrected chi connectivity index (χ0v) is 29.8. The number of phenolic OH excluding ortho intramolecular Hbond substituents is 1. The number of fused-ring (bicyclic) bond motifs is 1. The largest absolute Gasteiger partial charge is 0.508 e. The molecule has 5 amide bonds. The maximum Gasteiger partial charge on any atom is 0.331 e. The lowest BCUT2D eigenvalue weighted by atomic mass is 10.0. The molecule has 14 nitrogen and oxygen atoms in total. The van der Waals surface area contributed by atoms with E-state index >= 15 is 0 Å². The highest BCUT2D eigenvalue weighted by atomic mass is 16.7. The Morgan fingerprint density at radius 3 is 2.00 bits per heavy atom. The normalized spacial score (nSPS) is 21.7. The number of amides is 5. The van der Waals surface area contributed by atoms with E-state index in [1.807, 2.05) is 19.9 Å². The van der Waals surface area contributed by atoms with Gasteiger partial charge in [-0.2, -0.15) is 0 Å². The van der Waals surface area contributed by atoms with Crippen LogP contribution in [0.15, 0.2) is 84.9 Å². The van der Waals surface area contributed by atoms with Crippen LogP contribution in [0.25, 0.3) is 6.08 Å². The SMILES string of the molecule is CC(C)C[C@@H]1NC(=O)[C@H](Cc2ccccc2)NC(=O)CNC(=O)[C@@H](C)NC(=O)[C@H](Cc2ccc(O)cc2)NC(=O)/C=C\c2ccccc2OCOC1=O. The number of rotatable bonds is 6. The summed E-state index contributed by atoms with van der Waals surface area (Å²) < 4.78 is 11.2. The fourth-order valence-corrected chi connectivity index (χ4v) is 5.43. The molecule has 0 saturated carbocycles. The summed E-state index contributed by atoms with van der Waals surface area (Å²) in [4.78, 5) is 79.6. The quantitative estimate of drug-likeness (QED) is 0.205. The highest BCUT2D eigenvalue weighted by molar-refractivity contribution is 5.97. The monoisotopic (exact) mass is 727 g/mol. The minimum atomic E-state index is -1.14. The Morgan fingerprint density at radius 2 is 1.30 bits per heavy atom. The molecule has 0 spiro atoms. The van der Waals surface area contributed by atoms with E-state index in [0.29, 0.717) is 11.1 Å². The van der Waals surface area contributed by atoms with Gasteiger partial charge in [0.25, 0.3) is 0 Å². The second kappa shape index (κ2) is 19.4. The molecule has 0 unspecified atom stereocenters. The third-order valence-corrected chi connectivity index (χ3v) is 8.18. The second-order valence-corrected chi connectivity index (χ2v) is 13.0. The van der Waals surface area contributed by atoms with Gasteiger partial charge in [0.05, 0.1) is 6.54 Å². The Bertz CT molecular complexity index is 1780. The highest BCUT2D eigenvalue weighted by Gasteiger charge is 2.30. The molecule has 1 aliphatic heterocycles. The van der Waals surface area contributed by atoms with Crippen LogP contribution in [0.3, 0.4) is 0 Å². The van der Waals surface area contributed by atoms with E-state index in [1.165, 1.54) is 31.2 Å². The molecule has 4 rings (SSSR count). The van der Waals surface area contributed by atoms with Crippen molar-refractivity contribution in [1.29, 1.82) is 0 Å². The summed E-state index contributed by atoms with van der Waals surface area (Å²) in [7, 11) is 0. The van der Waals surface area contributed by atoms with E-state index in [1.54, 1.807) is 60.7 Å². The van der Waals surface area contributed by atoms with Gasteiger partial charge in [0, 0.05) is 24.5 Å². The van der Waals surface area contributed by atoms with Crippen molar-refractivity contribution in [2.45, 2.75) is 64.2 Å². The number of carbonyl (C=O) groups is 6. The van der Waals surface area contributed by atoms with Crippen LogP contribution < -0.4 is 31.3 Å². The first-order valence-corrected chi connectivity index (χ1v) is 17.2. The van der Waals surface area contributed by atoms with Crippen molar-refractivity contribution in [3.8, 4) is 11.5 Å². The number of benzene rings is 3. The molecule has 280 valence electrons. The van der Waals surface area contributed by atoms with Gasteiger partial charge in [-0.25, -0.2) is 4.79 Å². The van der Waals surface area contributed by atoms with E-state index < -0.39 is 73.0 Å². The van der Waals surface area contributed by atoms with Gasteiger partial charge in [-0.05, 0) is 54.7 Å². The molecule has 1 aliphatic rings. The Labute approximate surface area is 307 Å². The van der Waals surface area contributed by atoms with Crippen molar-refractivity contribution in [1.82, 2.24) is 26.6 Å². The first kappa shape index (κ1) is 39.6. The highest BCUT2D eigenvalue weighted by Crippen LogP contribution is 2.20. The summed E-state index contributed by atoms with van der Waals surface area (Å²) in [5, 5.41) is 22.8. The maximum atomic E-state index is 13.6. The summed E-state index contributed by atoms with van der Waals surface area (Å²) in [5.41, 5.74) is 1.83. The van der Waals surface area contributed by atoms with E-state index in [4.69, 9.17) is 9.47 Å². The topological polar surface area (TPSA) is 201 Å². The minimum Gasteiger partial charge on any atom is -0.508 e. The molecule has 4 atom stereocenters. The number of esters is 1. The molecule has 3 aromatic carbocycles. The Balaban J connectivity index is 1.62. The molecule has 0 aliphatic carbocycles. The second-order valence-electron chi connectivity index (χ2n) is 13.0. The number of ether oxygens (including phenoxy) is 2. The van der Waals surface area contributed by atoms with Crippen molar-refractivity contribution in [2.75, 3.05) is 13.3 Å². The van der Waals surface area contributed by atoms with E-state index in [-0.39, 0.29) is 36.7 Å². The van der Waals surface area contributed by atoms with Gasteiger partial charge in [0.1, 0.15) is 35.7 Å². The van der Waals surface area contributed by atoms with Gasteiger partial charge in [0.15, 0.2) is 0 Å². The molecule has 6 N–H and O–H groups in total. The third-order valence-electron chi connectivity index (χ3n) is 8.18. The van der Waals surface area contributed by atoms with E-state index in [2.05, 4.69) is 26.6 Å². The first-order valence-electron chi connectivity index (χ1n) is 17.2. The number of phenols is 1. The van der Waals surface area contributed by atoms with Crippen molar-refractivity contribution in [2.24, 2.45) is 5.92 Å². The number of hydrogen-bond acceptors (Lipinski definition) is 9. The number of aromatic hydroxyl groups is 1. The fourth-order valence-electron chi connectivity index (χ4n) is 5.43. The fraction of sp³-hybridized carbons (Fsp3) is 0.333. The van der Waals surface area contributed by atoms with Crippen LogP contribution in [0.5, 0.6) is 11.5 Å². The van der Waals surface area contributed by atoms with Crippen LogP contribution in [0, 0.1) is 5.92 Å². The number of nitrogens with one attached hydrogen (secondary N) is 5. The van der Waals surface area contributed by atoms with Gasteiger partial charge >= 0.3 is 5.97 Å². The summed E-state index contributed by atoms with van der Waals surface area (Å²) in [6.07, 6.45) is 3.01. The number of cyclic esters (lactones) is 1. The third kappa shape index (κ3) is 12.8. The predicted molar refractivity (Wildman–Crippen MR) is 195 cm³/mol. The molecule has 0 aromatic heterocycles. The van der Waals surface area contributed by atoms with Crippen molar-refractivity contribution < 1.29 is 43.3 Å². The molecule has 0 saturated heterocycles. The van der Waals surface area contributed by atoms with E-state index in [0.717, 1.165) is 5.56 Å². The Hall–Kier alpha value is -6.18. The number of hydrogen-bond donors (Lipinski definition) is 6. The lowest BCUT2D eigenvalue weighted by Crippen LogP contribution is -2.56. The first-order chi connectivity index (χ1) is 25.4.